The topological polar surface area (TPSA) is 125 Å². The number of hydrogen-bond acceptors (Lipinski definition) is 5. The van der Waals surface area contributed by atoms with E-state index in [0.717, 1.165) is 25.7 Å². The Hall–Kier alpha value is -2.15. The second kappa shape index (κ2) is 8.51. The second-order valence-corrected chi connectivity index (χ2v) is 12.0. The molecule has 1 heterocycles. The molecule has 1 unspecified atom stereocenters. The first-order chi connectivity index (χ1) is 16.1. The summed E-state index contributed by atoms with van der Waals surface area (Å²) in [6.07, 6.45) is 13.0. The number of nitrogens with one attached hydrogen (secondary N) is 1. The van der Waals surface area contributed by atoms with Crippen molar-refractivity contribution in [1.29, 1.82) is 0 Å². The normalized spacial score (nSPS) is 41.9. The predicted octanol–water partition coefficient (Wildman–Crippen LogP) is 2.74. The quantitative estimate of drug-likeness (QED) is 0.422. The lowest BCUT2D eigenvalue weighted by Gasteiger charge is -2.60. The summed E-state index contributed by atoms with van der Waals surface area (Å²) in [7, 11) is 0. The number of cyclic esters (lactones) is 1. The standard InChI is InChI=1S/C27H39N3O4/c1-26-9-7-17(30-25(33)22(28)13-23(29)31)12-16(26)3-4-18-20-6-5-19(15-11-24(32)34-14-15)27(20,2)10-8-21(18)26/h6,11,16-19,21-22H,3-5,7-10,12-14,28H2,1-2H3,(H2,29,31)(H,30,33)/t16-,17+,18+,19-,21+,22?,26+,27-/m1/s1. The smallest absolute Gasteiger partial charge is 0.331 e. The lowest BCUT2D eigenvalue weighted by atomic mass is 9.45. The summed E-state index contributed by atoms with van der Waals surface area (Å²) in [5.74, 6) is 1.29. The number of carbonyl (C=O) groups is 3. The summed E-state index contributed by atoms with van der Waals surface area (Å²) in [6, 6.07) is -0.743. The number of allylic oxidation sites excluding steroid dienone is 2. The van der Waals surface area contributed by atoms with Gasteiger partial charge >= 0.3 is 5.97 Å². The van der Waals surface area contributed by atoms with Crippen LogP contribution in [0.3, 0.4) is 0 Å². The highest BCUT2D eigenvalue weighted by Crippen LogP contribution is 2.66. The number of fused-ring (bicyclic) bond motifs is 5. The van der Waals surface area contributed by atoms with Crippen molar-refractivity contribution in [3.63, 3.8) is 0 Å². The average Bonchev–Trinajstić information content (AvgIpc) is 3.35. The van der Waals surface area contributed by atoms with Gasteiger partial charge in [0.25, 0.3) is 0 Å². The van der Waals surface area contributed by atoms with Crippen molar-refractivity contribution in [2.75, 3.05) is 6.61 Å². The lowest BCUT2D eigenvalue weighted by molar-refractivity contribution is -0.135. The molecule has 1 aliphatic heterocycles. The predicted molar refractivity (Wildman–Crippen MR) is 128 cm³/mol. The van der Waals surface area contributed by atoms with Gasteiger partial charge in [0.2, 0.25) is 11.8 Å². The highest BCUT2D eigenvalue weighted by atomic mass is 16.5. The van der Waals surface area contributed by atoms with Crippen LogP contribution in [-0.4, -0.2) is 36.5 Å². The van der Waals surface area contributed by atoms with E-state index in [1.54, 1.807) is 11.6 Å². The van der Waals surface area contributed by atoms with Crippen LogP contribution < -0.4 is 16.8 Å². The van der Waals surface area contributed by atoms with Gasteiger partial charge in [-0.1, -0.05) is 25.5 Å². The zero-order valence-corrected chi connectivity index (χ0v) is 20.5. The first kappa shape index (κ1) is 23.6. The van der Waals surface area contributed by atoms with Crippen LogP contribution in [0, 0.1) is 34.5 Å². The Balaban J connectivity index is 1.27. The molecule has 2 amide bonds. The third-order valence-corrected chi connectivity index (χ3v) is 10.3. The Labute approximate surface area is 202 Å². The molecule has 0 radical (unpaired) electrons. The fraction of sp³-hybridized carbons (Fsp3) is 0.741. The first-order valence-corrected chi connectivity index (χ1v) is 13.0. The van der Waals surface area contributed by atoms with E-state index in [1.807, 2.05) is 0 Å². The van der Waals surface area contributed by atoms with Crippen molar-refractivity contribution in [2.45, 2.75) is 83.7 Å². The van der Waals surface area contributed by atoms with Crippen molar-refractivity contribution >= 4 is 17.8 Å². The van der Waals surface area contributed by atoms with Crippen LogP contribution in [0.5, 0.6) is 0 Å². The zero-order valence-electron chi connectivity index (χ0n) is 20.5. The Kier molecular flexibility index (Phi) is 5.90. The third-order valence-electron chi connectivity index (χ3n) is 10.3. The van der Waals surface area contributed by atoms with Gasteiger partial charge in [-0.05, 0) is 91.4 Å². The van der Waals surface area contributed by atoms with Gasteiger partial charge in [0, 0.05) is 12.1 Å². The number of rotatable bonds is 5. The van der Waals surface area contributed by atoms with Crippen LogP contribution in [0.4, 0.5) is 0 Å². The van der Waals surface area contributed by atoms with Crippen molar-refractivity contribution in [2.24, 2.45) is 46.0 Å². The van der Waals surface area contributed by atoms with Gasteiger partial charge in [-0.3, -0.25) is 9.59 Å². The molecular weight excluding hydrogens is 430 g/mol. The summed E-state index contributed by atoms with van der Waals surface area (Å²) in [6.45, 7) is 5.38. The molecule has 7 nitrogen and oxygen atoms in total. The summed E-state index contributed by atoms with van der Waals surface area (Å²) in [4.78, 5) is 35.3. The lowest BCUT2D eigenvalue weighted by Crippen LogP contribution is -2.55. The number of esters is 1. The Morgan fingerprint density at radius 1 is 1.21 bits per heavy atom. The Bertz CT molecular complexity index is 958. The van der Waals surface area contributed by atoms with E-state index < -0.39 is 11.9 Å². The molecule has 0 saturated heterocycles. The maximum absolute atomic E-state index is 12.4. The molecule has 5 aliphatic rings. The molecule has 0 aromatic carbocycles. The van der Waals surface area contributed by atoms with Gasteiger partial charge in [0.05, 0.1) is 12.5 Å². The molecule has 3 fully saturated rings. The molecule has 7 heteroatoms. The van der Waals surface area contributed by atoms with Crippen LogP contribution in [0.1, 0.15) is 71.6 Å². The van der Waals surface area contributed by atoms with E-state index >= 15 is 0 Å². The van der Waals surface area contributed by atoms with Gasteiger partial charge in [-0.25, -0.2) is 4.79 Å². The van der Waals surface area contributed by atoms with Crippen LogP contribution in [0.2, 0.25) is 0 Å². The van der Waals surface area contributed by atoms with E-state index in [4.69, 9.17) is 16.2 Å². The van der Waals surface area contributed by atoms with Gasteiger partial charge in [0.1, 0.15) is 6.61 Å². The number of carbonyl (C=O) groups excluding carboxylic acids is 3. The average molecular weight is 470 g/mol. The van der Waals surface area contributed by atoms with Crippen molar-refractivity contribution in [3.8, 4) is 0 Å². The maximum Gasteiger partial charge on any atom is 0.331 e. The highest BCUT2D eigenvalue weighted by molar-refractivity contribution is 5.87. The molecule has 5 rings (SSSR count). The monoisotopic (exact) mass is 469 g/mol. The molecular formula is C27H39N3O4. The van der Waals surface area contributed by atoms with Gasteiger partial charge in [-0.15, -0.1) is 0 Å². The molecule has 0 spiro atoms. The van der Waals surface area contributed by atoms with E-state index in [9.17, 15) is 14.4 Å². The van der Waals surface area contributed by atoms with Gasteiger partial charge < -0.3 is 21.5 Å². The summed E-state index contributed by atoms with van der Waals surface area (Å²) in [5, 5.41) is 3.10. The largest absolute Gasteiger partial charge is 0.458 e. The SMILES string of the molecule is C[C@]12CC[C@H](NC(=O)C(N)CC(N)=O)C[C@H]1CC[C@H]1C3=CC[C@H](C4=CC(=O)OC4)[C@@]3(C)CC[C@@H]12. The molecule has 8 atom stereocenters. The van der Waals surface area contributed by atoms with Gasteiger partial charge in [0.15, 0.2) is 0 Å². The van der Waals surface area contributed by atoms with E-state index in [1.165, 1.54) is 31.3 Å². The first-order valence-electron chi connectivity index (χ1n) is 13.0. The van der Waals surface area contributed by atoms with Crippen molar-refractivity contribution in [3.05, 3.63) is 23.3 Å². The minimum atomic E-state index is -0.865. The molecule has 34 heavy (non-hydrogen) atoms. The second-order valence-electron chi connectivity index (χ2n) is 12.0. The van der Waals surface area contributed by atoms with Crippen LogP contribution >= 0.6 is 0 Å². The Morgan fingerprint density at radius 2 is 2.00 bits per heavy atom. The minimum absolute atomic E-state index is 0.116. The van der Waals surface area contributed by atoms with Crippen molar-refractivity contribution in [1.82, 2.24) is 5.32 Å². The molecule has 5 N–H and O–H groups in total. The minimum Gasteiger partial charge on any atom is -0.458 e. The van der Waals surface area contributed by atoms with Crippen LogP contribution in [0.25, 0.3) is 0 Å². The van der Waals surface area contributed by atoms with E-state index in [2.05, 4.69) is 25.2 Å². The number of nitrogens with two attached hydrogens (primary N) is 2. The Morgan fingerprint density at radius 3 is 2.71 bits per heavy atom. The highest BCUT2D eigenvalue weighted by Gasteiger charge is 2.58. The summed E-state index contributed by atoms with van der Waals surface area (Å²) in [5.41, 5.74) is 14.3. The van der Waals surface area contributed by atoms with Crippen LogP contribution in [0.15, 0.2) is 23.3 Å². The number of amides is 2. The number of primary amides is 1. The van der Waals surface area contributed by atoms with Crippen LogP contribution in [-0.2, 0) is 19.1 Å². The van der Waals surface area contributed by atoms with Crippen molar-refractivity contribution < 1.29 is 19.1 Å². The molecule has 186 valence electrons. The summed E-state index contributed by atoms with van der Waals surface area (Å²) >= 11 is 0. The summed E-state index contributed by atoms with van der Waals surface area (Å²) < 4.78 is 5.25. The molecule has 0 bridgehead atoms. The molecule has 0 aromatic rings. The van der Waals surface area contributed by atoms with E-state index in [-0.39, 0.29) is 35.2 Å². The maximum atomic E-state index is 12.4. The fourth-order valence-electron chi connectivity index (χ4n) is 8.49. The van der Waals surface area contributed by atoms with Gasteiger partial charge in [-0.2, -0.15) is 0 Å². The molecule has 3 saturated carbocycles. The number of ether oxygens (including phenoxy) is 1. The van der Waals surface area contributed by atoms with E-state index in [0.29, 0.717) is 30.3 Å². The third kappa shape index (κ3) is 3.80. The number of hydrogen-bond donors (Lipinski definition) is 3. The molecule has 0 aromatic heterocycles. The zero-order chi connectivity index (χ0) is 24.3. The molecule has 4 aliphatic carbocycles. The fourth-order valence-corrected chi connectivity index (χ4v) is 8.49.